The topological polar surface area (TPSA) is 37.3 Å². The van der Waals surface area contributed by atoms with Gasteiger partial charge in [-0.05, 0) is 71.0 Å². The van der Waals surface area contributed by atoms with E-state index >= 15 is 0 Å². The van der Waals surface area contributed by atoms with Gasteiger partial charge in [0.15, 0.2) is 0 Å². The summed E-state index contributed by atoms with van der Waals surface area (Å²) in [5.41, 5.74) is 2.60. The van der Waals surface area contributed by atoms with Gasteiger partial charge in [-0.2, -0.15) is 0 Å². The molecule has 2 rings (SSSR count). The Hall–Kier alpha value is -0.580. The Morgan fingerprint density at radius 1 is 1.47 bits per heavy atom. The summed E-state index contributed by atoms with van der Waals surface area (Å²) in [6, 6.07) is 6.40. The second-order valence-electron chi connectivity index (χ2n) is 4.01. The monoisotopic (exact) mass is 316 g/mol. The van der Waals surface area contributed by atoms with Gasteiger partial charge in [-0.25, -0.2) is 0 Å². The summed E-state index contributed by atoms with van der Waals surface area (Å²) in [7, 11) is 0. The molecule has 0 aromatic heterocycles. The summed E-state index contributed by atoms with van der Waals surface area (Å²) in [5.74, 6) is -0.0126. The SMILES string of the molecule is O=C(O)CCc1cc(I)ccc1C1CC1. The number of carbonyl (C=O) groups is 1. The number of hydrogen-bond donors (Lipinski definition) is 1. The van der Waals surface area contributed by atoms with Gasteiger partial charge < -0.3 is 5.11 Å². The van der Waals surface area contributed by atoms with Crippen LogP contribution in [-0.4, -0.2) is 11.1 Å². The van der Waals surface area contributed by atoms with E-state index in [-0.39, 0.29) is 6.42 Å². The average molecular weight is 316 g/mol. The summed E-state index contributed by atoms with van der Waals surface area (Å²) in [6.07, 6.45) is 3.43. The molecule has 0 unspecified atom stereocenters. The maximum Gasteiger partial charge on any atom is 0.303 e. The second kappa shape index (κ2) is 4.51. The zero-order chi connectivity index (χ0) is 10.8. The van der Waals surface area contributed by atoms with E-state index in [4.69, 9.17) is 5.11 Å². The summed E-state index contributed by atoms with van der Waals surface area (Å²) >= 11 is 2.28. The highest BCUT2D eigenvalue weighted by molar-refractivity contribution is 14.1. The molecule has 1 saturated carbocycles. The van der Waals surface area contributed by atoms with E-state index in [1.54, 1.807) is 0 Å². The number of aryl methyl sites for hydroxylation is 1. The van der Waals surface area contributed by atoms with Gasteiger partial charge in [-0.3, -0.25) is 4.79 Å². The predicted octanol–water partition coefficient (Wildman–Crippen LogP) is 3.19. The van der Waals surface area contributed by atoms with Gasteiger partial charge in [0.1, 0.15) is 0 Å². The van der Waals surface area contributed by atoms with Crippen molar-refractivity contribution < 1.29 is 9.90 Å². The number of benzene rings is 1. The molecule has 15 heavy (non-hydrogen) atoms. The molecule has 2 nitrogen and oxygen atoms in total. The summed E-state index contributed by atoms with van der Waals surface area (Å²) in [4.78, 5) is 10.6. The van der Waals surface area contributed by atoms with E-state index in [0.717, 1.165) is 0 Å². The van der Waals surface area contributed by atoms with E-state index in [0.29, 0.717) is 12.3 Å². The first-order valence-corrected chi connectivity index (χ1v) is 6.25. The number of halogens is 1. The van der Waals surface area contributed by atoms with Gasteiger partial charge in [0, 0.05) is 9.99 Å². The van der Waals surface area contributed by atoms with E-state index < -0.39 is 5.97 Å². The number of hydrogen-bond acceptors (Lipinski definition) is 1. The fourth-order valence-corrected chi connectivity index (χ4v) is 2.38. The minimum Gasteiger partial charge on any atom is -0.481 e. The van der Waals surface area contributed by atoms with Gasteiger partial charge >= 0.3 is 5.97 Å². The van der Waals surface area contributed by atoms with Crippen LogP contribution in [0.15, 0.2) is 18.2 Å². The molecule has 1 N–H and O–H groups in total. The third kappa shape index (κ3) is 2.93. The molecule has 1 aliphatic rings. The Labute approximate surface area is 103 Å². The van der Waals surface area contributed by atoms with Crippen LogP contribution in [-0.2, 0) is 11.2 Å². The van der Waals surface area contributed by atoms with E-state index in [1.807, 2.05) is 0 Å². The molecule has 1 aromatic rings. The lowest BCUT2D eigenvalue weighted by Crippen LogP contribution is -2.00. The molecular weight excluding hydrogens is 303 g/mol. The van der Waals surface area contributed by atoms with Crippen molar-refractivity contribution in [3.63, 3.8) is 0 Å². The van der Waals surface area contributed by atoms with Crippen LogP contribution in [0.4, 0.5) is 0 Å². The lowest BCUT2D eigenvalue weighted by Gasteiger charge is -2.08. The fourth-order valence-electron chi connectivity index (χ4n) is 1.83. The molecule has 0 bridgehead atoms. The molecule has 80 valence electrons. The number of carboxylic acids is 1. The van der Waals surface area contributed by atoms with E-state index in [9.17, 15) is 4.79 Å². The molecule has 0 heterocycles. The molecule has 0 atom stereocenters. The van der Waals surface area contributed by atoms with Crippen LogP contribution in [0.25, 0.3) is 0 Å². The van der Waals surface area contributed by atoms with Crippen molar-refractivity contribution in [2.75, 3.05) is 0 Å². The third-order valence-electron chi connectivity index (χ3n) is 2.73. The first kappa shape index (κ1) is 10.9. The smallest absolute Gasteiger partial charge is 0.303 e. The van der Waals surface area contributed by atoms with Gasteiger partial charge in [0.25, 0.3) is 0 Å². The van der Waals surface area contributed by atoms with Crippen molar-refractivity contribution in [2.45, 2.75) is 31.6 Å². The van der Waals surface area contributed by atoms with E-state index in [2.05, 4.69) is 40.8 Å². The van der Waals surface area contributed by atoms with Crippen molar-refractivity contribution in [3.05, 3.63) is 32.9 Å². The highest BCUT2D eigenvalue weighted by Crippen LogP contribution is 2.42. The standard InChI is InChI=1S/C12H13IO2/c13-10-4-5-11(8-1-2-8)9(7-10)3-6-12(14)15/h4-5,7-8H,1-3,6H2,(H,14,15). The van der Waals surface area contributed by atoms with Crippen molar-refractivity contribution in [3.8, 4) is 0 Å². The van der Waals surface area contributed by atoms with Gasteiger partial charge in [0.05, 0.1) is 0 Å². The molecule has 3 heteroatoms. The van der Waals surface area contributed by atoms with Crippen molar-refractivity contribution in [1.29, 1.82) is 0 Å². The van der Waals surface area contributed by atoms with Crippen LogP contribution in [0.3, 0.4) is 0 Å². The van der Waals surface area contributed by atoms with Gasteiger partial charge in [-0.1, -0.05) is 6.07 Å². The minimum absolute atomic E-state index is 0.236. The molecular formula is C12H13IO2. The first-order valence-electron chi connectivity index (χ1n) is 5.17. The Kier molecular flexibility index (Phi) is 3.29. The van der Waals surface area contributed by atoms with Crippen LogP contribution >= 0.6 is 22.6 Å². The minimum atomic E-state index is -0.712. The lowest BCUT2D eigenvalue weighted by molar-refractivity contribution is -0.136. The third-order valence-corrected chi connectivity index (χ3v) is 3.40. The van der Waals surface area contributed by atoms with Crippen LogP contribution in [0.5, 0.6) is 0 Å². The molecule has 1 fully saturated rings. The number of carboxylic acid groups (broad SMARTS) is 1. The van der Waals surface area contributed by atoms with E-state index in [1.165, 1.54) is 27.5 Å². The largest absolute Gasteiger partial charge is 0.481 e. The van der Waals surface area contributed by atoms with Crippen molar-refractivity contribution in [2.24, 2.45) is 0 Å². The molecule has 0 aliphatic heterocycles. The second-order valence-corrected chi connectivity index (χ2v) is 5.26. The summed E-state index contributed by atoms with van der Waals surface area (Å²) < 4.78 is 1.19. The van der Waals surface area contributed by atoms with Crippen LogP contribution < -0.4 is 0 Å². The highest BCUT2D eigenvalue weighted by Gasteiger charge is 2.25. The zero-order valence-electron chi connectivity index (χ0n) is 8.37. The van der Waals surface area contributed by atoms with Crippen LogP contribution in [0.1, 0.15) is 36.3 Å². The Morgan fingerprint density at radius 3 is 2.80 bits per heavy atom. The quantitative estimate of drug-likeness (QED) is 0.866. The highest BCUT2D eigenvalue weighted by atomic mass is 127. The van der Waals surface area contributed by atoms with Gasteiger partial charge in [0.2, 0.25) is 0 Å². The molecule has 0 spiro atoms. The number of rotatable bonds is 4. The summed E-state index contributed by atoms with van der Waals surface area (Å²) in [5, 5.41) is 8.69. The van der Waals surface area contributed by atoms with Crippen LogP contribution in [0.2, 0.25) is 0 Å². The Balaban J connectivity index is 2.18. The van der Waals surface area contributed by atoms with Crippen LogP contribution in [0, 0.1) is 3.57 Å². The molecule has 1 aliphatic carbocycles. The van der Waals surface area contributed by atoms with Crippen molar-refractivity contribution >= 4 is 28.6 Å². The Morgan fingerprint density at radius 2 is 2.20 bits per heavy atom. The van der Waals surface area contributed by atoms with Gasteiger partial charge in [-0.15, -0.1) is 0 Å². The number of aliphatic carboxylic acids is 1. The lowest BCUT2D eigenvalue weighted by atomic mass is 9.99. The van der Waals surface area contributed by atoms with Crippen molar-refractivity contribution in [1.82, 2.24) is 0 Å². The maximum atomic E-state index is 10.6. The molecule has 0 amide bonds. The zero-order valence-corrected chi connectivity index (χ0v) is 10.5. The fraction of sp³-hybridized carbons (Fsp3) is 0.417. The molecule has 1 aromatic carbocycles. The summed E-state index contributed by atoms with van der Waals surface area (Å²) in [6.45, 7) is 0. The maximum absolute atomic E-state index is 10.6. The molecule has 0 saturated heterocycles. The molecule has 0 radical (unpaired) electrons. The first-order chi connectivity index (χ1) is 7.16. The normalized spacial score (nSPS) is 15.3. The predicted molar refractivity (Wildman–Crippen MR) is 67.1 cm³/mol. The average Bonchev–Trinajstić information content (AvgIpc) is 2.98. The Bertz CT molecular complexity index is 383.